The fourth-order valence-electron chi connectivity index (χ4n) is 2.48. The summed E-state index contributed by atoms with van der Waals surface area (Å²) in [6, 6.07) is 0. The van der Waals surface area contributed by atoms with Crippen LogP contribution in [0.2, 0.25) is 0 Å². The number of esters is 2. The third kappa shape index (κ3) is 5.91. The molecule has 0 bridgehead atoms. The van der Waals surface area contributed by atoms with Gasteiger partial charge in [-0.25, -0.2) is 0 Å². The topological polar surface area (TPSA) is 61.8 Å². The molecule has 0 unspecified atom stereocenters. The van der Waals surface area contributed by atoms with Gasteiger partial charge in [-0.15, -0.1) is 0 Å². The molecule has 1 aliphatic carbocycles. The van der Waals surface area contributed by atoms with E-state index < -0.39 is 30.3 Å². The van der Waals surface area contributed by atoms with Crippen LogP contribution >= 0.6 is 0 Å². The van der Waals surface area contributed by atoms with Gasteiger partial charge in [0.2, 0.25) is 0 Å². The van der Waals surface area contributed by atoms with Gasteiger partial charge < -0.3 is 14.2 Å². The molecular formula is C18H22O5. The van der Waals surface area contributed by atoms with E-state index in [0.717, 1.165) is 18.4 Å². The summed E-state index contributed by atoms with van der Waals surface area (Å²) in [5, 5.41) is 0. The number of hydrogen-bond donors (Lipinski definition) is 0. The fraction of sp³-hybridized carbons (Fsp3) is 0.556. The number of carbonyl (C=O) groups excluding carboxylic acids is 2. The molecule has 5 heteroatoms. The van der Waals surface area contributed by atoms with Crippen LogP contribution in [0.4, 0.5) is 0 Å². The highest BCUT2D eigenvalue weighted by molar-refractivity contribution is 5.67. The molecule has 0 aromatic rings. The summed E-state index contributed by atoms with van der Waals surface area (Å²) in [7, 11) is 0. The van der Waals surface area contributed by atoms with Crippen LogP contribution in [-0.2, 0) is 23.8 Å². The van der Waals surface area contributed by atoms with Crippen molar-refractivity contribution in [3.05, 3.63) is 23.8 Å². The second kappa shape index (κ2) is 8.54. The molecule has 124 valence electrons. The highest BCUT2D eigenvalue weighted by Gasteiger charge is 2.30. The Balaban J connectivity index is 2.02. The minimum Gasteiger partial charge on any atom is -0.463 e. The molecule has 2 rings (SSSR count). The highest BCUT2D eigenvalue weighted by atomic mass is 16.6. The van der Waals surface area contributed by atoms with Crippen LogP contribution in [0.5, 0.6) is 0 Å². The van der Waals surface area contributed by atoms with Gasteiger partial charge in [-0.1, -0.05) is 17.9 Å². The molecule has 0 amide bonds. The van der Waals surface area contributed by atoms with Crippen molar-refractivity contribution in [2.24, 2.45) is 0 Å². The van der Waals surface area contributed by atoms with Gasteiger partial charge in [0.05, 0.1) is 0 Å². The largest absolute Gasteiger partial charge is 0.463 e. The lowest BCUT2D eigenvalue weighted by Crippen LogP contribution is -2.41. The van der Waals surface area contributed by atoms with Gasteiger partial charge in [0.15, 0.2) is 0 Å². The van der Waals surface area contributed by atoms with Crippen LogP contribution < -0.4 is 0 Å². The summed E-state index contributed by atoms with van der Waals surface area (Å²) >= 11 is 0. The zero-order valence-electron chi connectivity index (χ0n) is 13.5. The average Bonchev–Trinajstić information content (AvgIpc) is 2.53. The molecule has 3 atom stereocenters. The zero-order valence-corrected chi connectivity index (χ0v) is 13.5. The maximum atomic E-state index is 11.2. The van der Waals surface area contributed by atoms with Crippen molar-refractivity contribution in [3.8, 4) is 11.8 Å². The first-order valence-corrected chi connectivity index (χ1v) is 7.89. The van der Waals surface area contributed by atoms with Crippen molar-refractivity contribution >= 4 is 11.9 Å². The summed E-state index contributed by atoms with van der Waals surface area (Å²) in [6.07, 6.45) is 8.65. The molecule has 0 aromatic carbocycles. The van der Waals surface area contributed by atoms with Crippen LogP contribution in [0, 0.1) is 11.8 Å². The van der Waals surface area contributed by atoms with Crippen LogP contribution in [-0.4, -0.2) is 36.9 Å². The average molecular weight is 318 g/mol. The Morgan fingerprint density at radius 1 is 1.26 bits per heavy atom. The SMILES string of the molecule is CC(=O)OC[C@H]1O[C@H](C#CC2=CCCCC2)C=C[C@H]1OC(C)=O. The van der Waals surface area contributed by atoms with Gasteiger partial charge >= 0.3 is 11.9 Å². The van der Waals surface area contributed by atoms with E-state index in [2.05, 4.69) is 17.9 Å². The summed E-state index contributed by atoms with van der Waals surface area (Å²) < 4.78 is 16.0. The molecule has 0 aromatic heterocycles. The zero-order chi connectivity index (χ0) is 16.7. The number of carbonyl (C=O) groups is 2. The fourth-order valence-corrected chi connectivity index (χ4v) is 2.48. The Labute approximate surface area is 136 Å². The molecular weight excluding hydrogens is 296 g/mol. The molecule has 0 radical (unpaired) electrons. The molecule has 1 aliphatic heterocycles. The second-order valence-electron chi connectivity index (χ2n) is 5.60. The first kappa shape index (κ1) is 17.3. The Hall–Kier alpha value is -2.06. The van der Waals surface area contributed by atoms with E-state index in [4.69, 9.17) is 14.2 Å². The van der Waals surface area contributed by atoms with Gasteiger partial charge in [0.1, 0.15) is 24.9 Å². The Kier molecular flexibility index (Phi) is 6.42. The Bertz CT molecular complexity index is 564. The quantitative estimate of drug-likeness (QED) is 0.454. The van der Waals surface area contributed by atoms with E-state index in [9.17, 15) is 9.59 Å². The van der Waals surface area contributed by atoms with Crippen LogP contribution in [0.3, 0.4) is 0 Å². The standard InChI is InChI=1S/C18H22O5/c1-13(19)21-12-18-17(22-14(2)20)11-10-16(23-18)9-8-15-6-4-3-5-7-15/h6,10-11,16-18H,3-5,7,12H2,1-2H3/t16-,17-,18-/m1/s1. The third-order valence-electron chi connectivity index (χ3n) is 3.58. The first-order chi connectivity index (χ1) is 11.0. The molecule has 2 aliphatic rings. The molecule has 0 saturated heterocycles. The third-order valence-corrected chi connectivity index (χ3v) is 3.58. The smallest absolute Gasteiger partial charge is 0.303 e. The maximum Gasteiger partial charge on any atom is 0.303 e. The van der Waals surface area contributed by atoms with Gasteiger partial charge in [0, 0.05) is 13.8 Å². The van der Waals surface area contributed by atoms with Gasteiger partial charge in [-0.05, 0) is 43.4 Å². The molecule has 0 fully saturated rings. The molecule has 1 heterocycles. The van der Waals surface area contributed by atoms with E-state index >= 15 is 0 Å². The van der Waals surface area contributed by atoms with Crippen molar-refractivity contribution in [2.45, 2.75) is 57.8 Å². The molecule has 0 N–H and O–H groups in total. The maximum absolute atomic E-state index is 11.2. The highest BCUT2D eigenvalue weighted by Crippen LogP contribution is 2.19. The van der Waals surface area contributed by atoms with Crippen molar-refractivity contribution in [3.63, 3.8) is 0 Å². The van der Waals surface area contributed by atoms with Crippen LogP contribution in [0.1, 0.15) is 39.5 Å². The molecule has 23 heavy (non-hydrogen) atoms. The van der Waals surface area contributed by atoms with E-state index in [1.807, 2.05) is 0 Å². The van der Waals surface area contributed by atoms with E-state index in [1.165, 1.54) is 26.7 Å². The van der Waals surface area contributed by atoms with Crippen molar-refractivity contribution in [1.82, 2.24) is 0 Å². The minimum absolute atomic E-state index is 0.0263. The Morgan fingerprint density at radius 2 is 2.09 bits per heavy atom. The lowest BCUT2D eigenvalue weighted by atomic mass is 10.00. The predicted octanol–water partition coefficient (Wildman–Crippen LogP) is 2.31. The summed E-state index contributed by atoms with van der Waals surface area (Å²) in [5.74, 6) is 5.41. The normalized spacial score (nSPS) is 26.5. The van der Waals surface area contributed by atoms with Crippen LogP contribution in [0.25, 0.3) is 0 Å². The van der Waals surface area contributed by atoms with Gasteiger partial charge in [-0.3, -0.25) is 9.59 Å². The predicted molar refractivity (Wildman–Crippen MR) is 84.3 cm³/mol. The minimum atomic E-state index is -0.571. The molecule has 0 spiro atoms. The van der Waals surface area contributed by atoms with Crippen LogP contribution in [0.15, 0.2) is 23.8 Å². The van der Waals surface area contributed by atoms with Crippen molar-refractivity contribution in [1.29, 1.82) is 0 Å². The second-order valence-corrected chi connectivity index (χ2v) is 5.60. The number of hydrogen-bond acceptors (Lipinski definition) is 5. The summed E-state index contributed by atoms with van der Waals surface area (Å²) in [5.41, 5.74) is 1.15. The lowest BCUT2D eigenvalue weighted by Gasteiger charge is -2.29. The number of ether oxygens (including phenoxy) is 3. The summed E-state index contributed by atoms with van der Waals surface area (Å²) in [6.45, 7) is 2.68. The van der Waals surface area contributed by atoms with E-state index in [1.54, 1.807) is 12.2 Å². The van der Waals surface area contributed by atoms with Crippen molar-refractivity contribution in [2.75, 3.05) is 6.61 Å². The van der Waals surface area contributed by atoms with Gasteiger partial charge in [-0.2, -0.15) is 0 Å². The summed E-state index contributed by atoms with van der Waals surface area (Å²) in [4.78, 5) is 22.1. The molecule has 5 nitrogen and oxygen atoms in total. The van der Waals surface area contributed by atoms with Gasteiger partial charge in [0.25, 0.3) is 0 Å². The number of rotatable bonds is 3. The van der Waals surface area contributed by atoms with E-state index in [-0.39, 0.29) is 6.61 Å². The Morgan fingerprint density at radius 3 is 2.74 bits per heavy atom. The molecule has 0 saturated carbocycles. The first-order valence-electron chi connectivity index (χ1n) is 7.89. The monoisotopic (exact) mass is 318 g/mol. The lowest BCUT2D eigenvalue weighted by molar-refractivity contribution is -0.161. The van der Waals surface area contributed by atoms with E-state index in [0.29, 0.717) is 0 Å². The number of allylic oxidation sites excluding steroid dienone is 2. The van der Waals surface area contributed by atoms with Crippen molar-refractivity contribution < 1.29 is 23.8 Å².